The molecule has 0 aliphatic rings. The Morgan fingerprint density at radius 3 is 2.51 bits per heavy atom. The summed E-state index contributed by atoms with van der Waals surface area (Å²) in [5.74, 6) is -0.353. The number of nitrogens with zero attached hydrogens (tertiary/aromatic N) is 2. The van der Waals surface area contributed by atoms with Gasteiger partial charge in [-0.05, 0) is 47.4 Å². The van der Waals surface area contributed by atoms with Crippen molar-refractivity contribution in [1.82, 2.24) is 9.55 Å². The number of carbonyl (C=O) groups excluding carboxylic acids is 1. The molecular weight excluding hydrogens is 465 g/mol. The van der Waals surface area contributed by atoms with Crippen LogP contribution in [0.4, 0.5) is 10.1 Å². The molecular formula is C27H26FN3O3S. The lowest BCUT2D eigenvalue weighted by molar-refractivity contribution is -0.113. The summed E-state index contributed by atoms with van der Waals surface area (Å²) < 4.78 is 21.3. The van der Waals surface area contributed by atoms with Crippen LogP contribution in [0.25, 0.3) is 16.6 Å². The lowest BCUT2D eigenvalue weighted by Crippen LogP contribution is -2.23. The van der Waals surface area contributed by atoms with Gasteiger partial charge >= 0.3 is 0 Å². The van der Waals surface area contributed by atoms with Gasteiger partial charge in [0, 0.05) is 0 Å². The molecule has 1 aromatic heterocycles. The number of hydrogen-bond donors (Lipinski definition) is 1. The van der Waals surface area contributed by atoms with Crippen LogP contribution >= 0.6 is 11.8 Å². The number of hydrogen-bond acceptors (Lipinski definition) is 5. The number of ether oxygens (including phenoxy) is 1. The van der Waals surface area contributed by atoms with Crippen molar-refractivity contribution in [1.29, 1.82) is 0 Å². The summed E-state index contributed by atoms with van der Waals surface area (Å²) in [6.07, 6.45) is 0. The maximum atomic E-state index is 14.6. The van der Waals surface area contributed by atoms with Crippen LogP contribution < -0.4 is 15.6 Å². The van der Waals surface area contributed by atoms with Crippen molar-refractivity contribution < 1.29 is 13.9 Å². The van der Waals surface area contributed by atoms with E-state index in [1.54, 1.807) is 43.5 Å². The zero-order valence-electron chi connectivity index (χ0n) is 20.0. The number of amides is 1. The number of halogens is 1. The van der Waals surface area contributed by atoms with Crippen LogP contribution in [0.15, 0.2) is 76.7 Å². The topological polar surface area (TPSA) is 73.2 Å². The first kappa shape index (κ1) is 24.5. The van der Waals surface area contributed by atoms with Gasteiger partial charge in [-0.3, -0.25) is 14.2 Å². The monoisotopic (exact) mass is 491 g/mol. The molecule has 4 aromatic rings. The molecule has 1 N–H and O–H groups in total. The minimum atomic E-state index is -0.554. The minimum Gasteiger partial charge on any atom is -0.495 e. The van der Waals surface area contributed by atoms with E-state index in [4.69, 9.17) is 4.74 Å². The Morgan fingerprint density at radius 2 is 1.80 bits per heavy atom. The molecule has 1 amide bonds. The van der Waals surface area contributed by atoms with Crippen molar-refractivity contribution in [2.24, 2.45) is 0 Å². The van der Waals surface area contributed by atoms with Gasteiger partial charge in [0.15, 0.2) is 5.16 Å². The van der Waals surface area contributed by atoms with Crippen molar-refractivity contribution >= 4 is 34.3 Å². The van der Waals surface area contributed by atoms with Crippen LogP contribution in [0.1, 0.15) is 26.3 Å². The highest BCUT2D eigenvalue weighted by molar-refractivity contribution is 7.99. The van der Waals surface area contributed by atoms with Gasteiger partial charge in [-0.1, -0.05) is 62.9 Å². The predicted octanol–water partition coefficient (Wildman–Crippen LogP) is 5.56. The number of carbonyl (C=O) groups is 1. The second-order valence-electron chi connectivity index (χ2n) is 9.01. The van der Waals surface area contributed by atoms with E-state index in [0.717, 1.165) is 17.3 Å². The SMILES string of the molecule is COc1ccc(C(C)(C)C)cc1NC(=O)CSc1nc2ccccc2c(=O)n1-c1ccccc1F. The molecule has 6 nitrogen and oxygen atoms in total. The number of aromatic nitrogens is 2. The first-order chi connectivity index (χ1) is 16.7. The Hall–Kier alpha value is -3.65. The maximum Gasteiger partial charge on any atom is 0.266 e. The van der Waals surface area contributed by atoms with Gasteiger partial charge in [-0.25, -0.2) is 9.37 Å². The molecule has 3 aromatic carbocycles. The summed E-state index contributed by atoms with van der Waals surface area (Å²) in [6.45, 7) is 6.26. The third-order valence-electron chi connectivity index (χ3n) is 5.51. The second kappa shape index (κ2) is 9.92. The molecule has 0 radical (unpaired) electrons. The number of fused-ring (bicyclic) bond motifs is 1. The highest BCUT2D eigenvalue weighted by Gasteiger charge is 2.19. The summed E-state index contributed by atoms with van der Waals surface area (Å²) in [7, 11) is 1.54. The zero-order chi connectivity index (χ0) is 25.2. The number of anilines is 1. The van der Waals surface area contributed by atoms with Gasteiger partial charge in [-0.15, -0.1) is 0 Å². The minimum absolute atomic E-state index is 0.0396. The van der Waals surface area contributed by atoms with Gasteiger partial charge in [0.05, 0.1) is 35.1 Å². The molecule has 8 heteroatoms. The molecule has 1 heterocycles. The normalized spacial score (nSPS) is 11.5. The van der Waals surface area contributed by atoms with Gasteiger partial charge in [0.25, 0.3) is 5.56 Å². The van der Waals surface area contributed by atoms with Crippen LogP contribution in [-0.4, -0.2) is 28.3 Å². The largest absolute Gasteiger partial charge is 0.495 e. The maximum absolute atomic E-state index is 14.6. The van der Waals surface area contributed by atoms with E-state index in [1.807, 2.05) is 18.2 Å². The molecule has 0 saturated carbocycles. The van der Waals surface area contributed by atoms with E-state index in [1.165, 1.54) is 16.7 Å². The number of nitrogens with one attached hydrogen (secondary N) is 1. The standard InChI is InChI=1S/C27H26FN3O3S/c1-27(2,3)17-13-14-23(34-4)21(15-17)29-24(32)16-35-26-30-20-11-7-5-9-18(20)25(33)31(26)22-12-8-6-10-19(22)28/h5-15H,16H2,1-4H3,(H,29,32). The van der Waals surface area contributed by atoms with Crippen molar-refractivity contribution in [3.05, 3.63) is 88.5 Å². The van der Waals surface area contributed by atoms with Crippen LogP contribution in [0.3, 0.4) is 0 Å². The fourth-order valence-corrected chi connectivity index (χ4v) is 4.45. The first-order valence-corrected chi connectivity index (χ1v) is 12.1. The van der Waals surface area contributed by atoms with Gasteiger partial charge in [0.1, 0.15) is 11.6 Å². The van der Waals surface area contributed by atoms with Gasteiger partial charge in [0.2, 0.25) is 5.91 Å². The Kier molecular flexibility index (Phi) is 6.93. The Morgan fingerprint density at radius 1 is 1.09 bits per heavy atom. The van der Waals surface area contributed by atoms with E-state index < -0.39 is 11.4 Å². The Labute approximate surface area is 207 Å². The van der Waals surface area contributed by atoms with Crippen molar-refractivity contribution in [2.45, 2.75) is 31.3 Å². The van der Waals surface area contributed by atoms with E-state index in [-0.39, 0.29) is 27.9 Å². The molecule has 0 aliphatic carbocycles. The highest BCUT2D eigenvalue weighted by atomic mass is 32.2. The van der Waals surface area contributed by atoms with E-state index in [0.29, 0.717) is 22.3 Å². The number of thioether (sulfide) groups is 1. The third-order valence-corrected chi connectivity index (χ3v) is 6.45. The average molecular weight is 492 g/mol. The second-order valence-corrected chi connectivity index (χ2v) is 9.95. The van der Waals surface area contributed by atoms with Gasteiger partial charge < -0.3 is 10.1 Å². The zero-order valence-corrected chi connectivity index (χ0v) is 20.8. The number of methoxy groups -OCH3 is 1. The summed E-state index contributed by atoms with van der Waals surface area (Å²) in [4.78, 5) is 30.7. The Bertz CT molecular complexity index is 1460. The van der Waals surface area contributed by atoms with Crippen molar-refractivity contribution in [3.8, 4) is 11.4 Å². The summed E-state index contributed by atoms with van der Waals surface area (Å²) in [6, 6.07) is 18.6. The van der Waals surface area contributed by atoms with E-state index in [9.17, 15) is 14.0 Å². The molecule has 0 aliphatic heterocycles. The fourth-order valence-electron chi connectivity index (χ4n) is 3.64. The number of benzene rings is 3. The highest BCUT2D eigenvalue weighted by Crippen LogP contribution is 2.32. The van der Waals surface area contributed by atoms with Crippen molar-refractivity contribution in [2.75, 3.05) is 18.2 Å². The van der Waals surface area contributed by atoms with Crippen LogP contribution in [0, 0.1) is 5.82 Å². The molecule has 180 valence electrons. The summed E-state index contributed by atoms with van der Waals surface area (Å²) >= 11 is 1.06. The number of para-hydroxylation sites is 2. The van der Waals surface area contributed by atoms with E-state index >= 15 is 0 Å². The summed E-state index contributed by atoms with van der Waals surface area (Å²) in [5.41, 5.74) is 1.66. The lowest BCUT2D eigenvalue weighted by Gasteiger charge is -2.21. The first-order valence-electron chi connectivity index (χ1n) is 11.1. The van der Waals surface area contributed by atoms with Gasteiger partial charge in [-0.2, -0.15) is 0 Å². The fraction of sp³-hybridized carbons (Fsp3) is 0.222. The molecule has 0 saturated heterocycles. The Balaban J connectivity index is 1.66. The smallest absolute Gasteiger partial charge is 0.266 e. The molecule has 0 bridgehead atoms. The molecule has 0 spiro atoms. The molecule has 0 atom stereocenters. The van der Waals surface area contributed by atoms with E-state index in [2.05, 4.69) is 31.1 Å². The van der Waals surface area contributed by atoms with Crippen LogP contribution in [-0.2, 0) is 10.2 Å². The van der Waals surface area contributed by atoms with Crippen LogP contribution in [0.2, 0.25) is 0 Å². The summed E-state index contributed by atoms with van der Waals surface area (Å²) in [5, 5.41) is 3.49. The predicted molar refractivity (Wildman–Crippen MR) is 138 cm³/mol. The quantitative estimate of drug-likeness (QED) is 0.282. The number of rotatable bonds is 6. The van der Waals surface area contributed by atoms with Crippen LogP contribution in [0.5, 0.6) is 5.75 Å². The molecule has 0 unspecified atom stereocenters. The average Bonchev–Trinajstić information content (AvgIpc) is 2.83. The third kappa shape index (κ3) is 5.22. The van der Waals surface area contributed by atoms with Crippen molar-refractivity contribution in [3.63, 3.8) is 0 Å². The lowest BCUT2D eigenvalue weighted by atomic mass is 9.87. The molecule has 0 fully saturated rings. The molecule has 4 rings (SSSR count). The molecule has 35 heavy (non-hydrogen) atoms.